The van der Waals surface area contributed by atoms with Gasteiger partial charge in [0.2, 0.25) is 0 Å². The van der Waals surface area contributed by atoms with E-state index in [-0.39, 0.29) is 0 Å². The van der Waals surface area contributed by atoms with Crippen molar-refractivity contribution in [1.29, 1.82) is 0 Å². The Labute approximate surface area is 90.8 Å². The summed E-state index contributed by atoms with van der Waals surface area (Å²) < 4.78 is 6.95. The van der Waals surface area contributed by atoms with Crippen LogP contribution in [-0.4, -0.2) is 48.0 Å². The normalized spacial score (nSPS) is 13.3. The SMILES string of the molecule is COCC(C)N(C)CCn1ccc(N)n1. The molecule has 0 amide bonds. The molecule has 0 saturated heterocycles. The Balaban J connectivity index is 2.30. The molecule has 0 spiro atoms. The molecule has 1 atom stereocenters. The fourth-order valence-corrected chi connectivity index (χ4v) is 1.35. The number of likely N-dealkylation sites (N-methyl/N-ethyl adjacent to an activating group) is 1. The summed E-state index contributed by atoms with van der Waals surface area (Å²) in [6.45, 7) is 4.67. The van der Waals surface area contributed by atoms with Crippen LogP contribution in [0.15, 0.2) is 12.3 Å². The second-order valence-electron chi connectivity index (χ2n) is 3.79. The molecule has 5 heteroatoms. The molecule has 1 aromatic heterocycles. The van der Waals surface area contributed by atoms with E-state index in [1.54, 1.807) is 13.2 Å². The first-order chi connectivity index (χ1) is 7.13. The Bertz CT molecular complexity index is 287. The molecular formula is C10H20N4O. The summed E-state index contributed by atoms with van der Waals surface area (Å²) >= 11 is 0. The van der Waals surface area contributed by atoms with Crippen molar-refractivity contribution in [2.45, 2.75) is 19.5 Å². The van der Waals surface area contributed by atoms with Crippen LogP contribution in [0.3, 0.4) is 0 Å². The molecule has 0 aliphatic heterocycles. The van der Waals surface area contributed by atoms with Crippen LogP contribution in [-0.2, 0) is 11.3 Å². The quantitative estimate of drug-likeness (QED) is 0.743. The lowest BCUT2D eigenvalue weighted by Crippen LogP contribution is -2.35. The third kappa shape index (κ3) is 3.89. The van der Waals surface area contributed by atoms with Crippen molar-refractivity contribution in [3.8, 4) is 0 Å². The molecule has 0 radical (unpaired) electrons. The molecule has 0 aromatic carbocycles. The van der Waals surface area contributed by atoms with Crippen LogP contribution in [0.2, 0.25) is 0 Å². The van der Waals surface area contributed by atoms with Crippen LogP contribution < -0.4 is 5.73 Å². The fourth-order valence-electron chi connectivity index (χ4n) is 1.35. The highest BCUT2D eigenvalue weighted by Crippen LogP contribution is 1.99. The molecular weight excluding hydrogens is 192 g/mol. The number of nitrogen functional groups attached to an aromatic ring is 1. The van der Waals surface area contributed by atoms with Gasteiger partial charge >= 0.3 is 0 Å². The molecule has 0 bridgehead atoms. The van der Waals surface area contributed by atoms with Gasteiger partial charge in [0.1, 0.15) is 5.82 Å². The van der Waals surface area contributed by atoms with Crippen LogP contribution in [0.25, 0.3) is 0 Å². The smallest absolute Gasteiger partial charge is 0.145 e. The van der Waals surface area contributed by atoms with Gasteiger partial charge in [-0.3, -0.25) is 9.58 Å². The summed E-state index contributed by atoms with van der Waals surface area (Å²) in [6.07, 6.45) is 1.89. The first-order valence-electron chi connectivity index (χ1n) is 5.11. The van der Waals surface area contributed by atoms with Crippen molar-refractivity contribution in [2.75, 3.05) is 33.0 Å². The minimum Gasteiger partial charge on any atom is -0.383 e. The number of rotatable bonds is 6. The molecule has 1 rings (SSSR count). The van der Waals surface area contributed by atoms with Crippen LogP contribution >= 0.6 is 0 Å². The Morgan fingerprint density at radius 1 is 1.67 bits per heavy atom. The maximum absolute atomic E-state index is 5.53. The average Bonchev–Trinajstić information content (AvgIpc) is 2.61. The van der Waals surface area contributed by atoms with Gasteiger partial charge in [0.25, 0.3) is 0 Å². The van der Waals surface area contributed by atoms with E-state index in [0.29, 0.717) is 11.9 Å². The van der Waals surface area contributed by atoms with Gasteiger partial charge in [-0.25, -0.2) is 0 Å². The van der Waals surface area contributed by atoms with Gasteiger partial charge in [-0.05, 0) is 20.0 Å². The Morgan fingerprint density at radius 2 is 2.40 bits per heavy atom. The second kappa shape index (κ2) is 5.72. The van der Waals surface area contributed by atoms with Crippen LogP contribution in [0.4, 0.5) is 5.82 Å². The second-order valence-corrected chi connectivity index (χ2v) is 3.79. The number of ether oxygens (including phenoxy) is 1. The third-order valence-corrected chi connectivity index (χ3v) is 2.50. The van der Waals surface area contributed by atoms with E-state index in [2.05, 4.69) is 24.0 Å². The number of aromatic nitrogens is 2. The van der Waals surface area contributed by atoms with Crippen LogP contribution in [0.5, 0.6) is 0 Å². The topological polar surface area (TPSA) is 56.3 Å². The van der Waals surface area contributed by atoms with Crippen molar-refractivity contribution >= 4 is 5.82 Å². The van der Waals surface area contributed by atoms with E-state index in [1.807, 2.05) is 10.9 Å². The van der Waals surface area contributed by atoms with Gasteiger partial charge < -0.3 is 10.5 Å². The van der Waals surface area contributed by atoms with Crippen molar-refractivity contribution in [3.63, 3.8) is 0 Å². The van der Waals surface area contributed by atoms with Crippen molar-refractivity contribution in [2.24, 2.45) is 0 Å². The molecule has 86 valence electrons. The van der Waals surface area contributed by atoms with E-state index in [9.17, 15) is 0 Å². The fraction of sp³-hybridized carbons (Fsp3) is 0.700. The highest BCUT2D eigenvalue weighted by molar-refractivity contribution is 5.23. The summed E-state index contributed by atoms with van der Waals surface area (Å²) in [5.41, 5.74) is 5.53. The molecule has 15 heavy (non-hydrogen) atoms. The van der Waals surface area contributed by atoms with Gasteiger partial charge in [0.05, 0.1) is 13.2 Å². The number of methoxy groups -OCH3 is 1. The highest BCUT2D eigenvalue weighted by Gasteiger charge is 2.08. The Hall–Kier alpha value is -1.07. The summed E-state index contributed by atoms with van der Waals surface area (Å²) in [4.78, 5) is 2.24. The van der Waals surface area contributed by atoms with Gasteiger partial charge in [-0.1, -0.05) is 0 Å². The molecule has 0 saturated carbocycles. The number of hydrogen-bond donors (Lipinski definition) is 1. The molecule has 5 nitrogen and oxygen atoms in total. The summed E-state index contributed by atoms with van der Waals surface area (Å²) in [7, 11) is 3.80. The molecule has 0 aliphatic carbocycles. The number of nitrogens with two attached hydrogens (primary N) is 1. The number of nitrogens with zero attached hydrogens (tertiary/aromatic N) is 3. The predicted molar refractivity (Wildman–Crippen MR) is 60.6 cm³/mol. The van der Waals surface area contributed by atoms with Gasteiger partial charge in [0.15, 0.2) is 0 Å². The van der Waals surface area contributed by atoms with Gasteiger partial charge in [0, 0.05) is 25.9 Å². The molecule has 1 aromatic rings. The summed E-state index contributed by atoms with van der Waals surface area (Å²) in [5, 5.41) is 4.12. The molecule has 0 aliphatic rings. The summed E-state index contributed by atoms with van der Waals surface area (Å²) in [6, 6.07) is 2.22. The Kier molecular flexibility index (Phi) is 4.58. The maximum atomic E-state index is 5.53. The van der Waals surface area contributed by atoms with Crippen molar-refractivity contribution in [3.05, 3.63) is 12.3 Å². The summed E-state index contributed by atoms with van der Waals surface area (Å²) in [5.74, 6) is 0.572. The molecule has 1 heterocycles. The predicted octanol–water partition coefficient (Wildman–Crippen LogP) is 0.432. The number of anilines is 1. The molecule has 1 unspecified atom stereocenters. The maximum Gasteiger partial charge on any atom is 0.145 e. The van der Waals surface area contributed by atoms with Crippen LogP contribution in [0.1, 0.15) is 6.92 Å². The zero-order valence-electron chi connectivity index (χ0n) is 9.68. The average molecular weight is 212 g/mol. The van der Waals surface area contributed by atoms with Crippen molar-refractivity contribution < 1.29 is 4.74 Å². The lowest BCUT2D eigenvalue weighted by atomic mass is 10.3. The molecule has 2 N–H and O–H groups in total. The largest absolute Gasteiger partial charge is 0.383 e. The standard InChI is InChI=1S/C10H20N4O/c1-9(8-15-3)13(2)6-7-14-5-4-10(11)12-14/h4-5,9H,6-8H2,1-3H3,(H2,11,12). The minimum absolute atomic E-state index is 0.419. The molecule has 0 fully saturated rings. The third-order valence-electron chi connectivity index (χ3n) is 2.50. The van der Waals surface area contributed by atoms with E-state index in [4.69, 9.17) is 10.5 Å². The van der Waals surface area contributed by atoms with Gasteiger partial charge in [-0.15, -0.1) is 0 Å². The lowest BCUT2D eigenvalue weighted by molar-refractivity contribution is 0.113. The zero-order chi connectivity index (χ0) is 11.3. The van der Waals surface area contributed by atoms with E-state index in [0.717, 1.165) is 19.7 Å². The van der Waals surface area contributed by atoms with Gasteiger partial charge in [-0.2, -0.15) is 5.10 Å². The highest BCUT2D eigenvalue weighted by atomic mass is 16.5. The zero-order valence-corrected chi connectivity index (χ0v) is 9.68. The first-order valence-corrected chi connectivity index (χ1v) is 5.11. The van der Waals surface area contributed by atoms with Crippen LogP contribution in [0, 0.1) is 0 Å². The Morgan fingerprint density at radius 3 is 2.93 bits per heavy atom. The minimum atomic E-state index is 0.419. The van der Waals surface area contributed by atoms with E-state index < -0.39 is 0 Å². The monoisotopic (exact) mass is 212 g/mol. The lowest BCUT2D eigenvalue weighted by Gasteiger charge is -2.23. The number of hydrogen-bond acceptors (Lipinski definition) is 4. The van der Waals surface area contributed by atoms with Crippen molar-refractivity contribution in [1.82, 2.24) is 14.7 Å². The van der Waals surface area contributed by atoms with E-state index in [1.165, 1.54) is 0 Å². The van der Waals surface area contributed by atoms with E-state index >= 15 is 0 Å². The first kappa shape index (κ1) is 12.0.